The molecule has 3 rings (SSSR count). The van der Waals surface area contributed by atoms with Gasteiger partial charge in [-0.25, -0.2) is 0 Å². The van der Waals surface area contributed by atoms with E-state index in [0.29, 0.717) is 40.3 Å². The van der Waals surface area contributed by atoms with Gasteiger partial charge in [-0.05, 0) is 11.4 Å². The number of aromatic nitrogens is 2. The number of nitrogens with zero attached hydrogens (tertiary/aromatic N) is 2. The van der Waals surface area contributed by atoms with Crippen LogP contribution >= 0.6 is 22.9 Å². The summed E-state index contributed by atoms with van der Waals surface area (Å²) < 4.78 is 15.6. The van der Waals surface area contributed by atoms with E-state index >= 15 is 0 Å². The van der Waals surface area contributed by atoms with Gasteiger partial charge in [-0.15, -0.1) is 11.3 Å². The van der Waals surface area contributed by atoms with E-state index in [1.54, 1.807) is 12.1 Å². The van der Waals surface area contributed by atoms with E-state index in [0.717, 1.165) is 4.88 Å². The highest BCUT2D eigenvalue weighted by Gasteiger charge is 2.15. The van der Waals surface area contributed by atoms with Crippen molar-refractivity contribution in [2.45, 2.75) is 12.8 Å². The number of rotatable bonds is 7. The molecule has 0 saturated heterocycles. The zero-order chi connectivity index (χ0) is 18.5. The summed E-state index contributed by atoms with van der Waals surface area (Å²) >= 11 is 7.58. The number of carbonyl (C=O) groups is 1. The predicted molar refractivity (Wildman–Crippen MR) is 99.1 cm³/mol. The van der Waals surface area contributed by atoms with Crippen LogP contribution in [0, 0.1) is 0 Å². The molecular formula is C17H16ClN3O4S. The molecule has 1 N–H and O–H groups in total. The van der Waals surface area contributed by atoms with E-state index in [-0.39, 0.29) is 12.3 Å². The molecule has 26 heavy (non-hydrogen) atoms. The predicted octanol–water partition coefficient (Wildman–Crippen LogP) is 4.04. The molecule has 0 aliphatic heterocycles. The van der Waals surface area contributed by atoms with Crippen LogP contribution in [0.3, 0.4) is 0 Å². The van der Waals surface area contributed by atoms with Crippen molar-refractivity contribution in [2.75, 3.05) is 19.5 Å². The lowest BCUT2D eigenvalue weighted by Crippen LogP contribution is -2.13. The largest absolute Gasteiger partial charge is 0.495 e. The summed E-state index contributed by atoms with van der Waals surface area (Å²) in [7, 11) is 3.00. The number of nitrogens with one attached hydrogen (secondary N) is 1. The molecule has 0 aliphatic rings. The van der Waals surface area contributed by atoms with Gasteiger partial charge >= 0.3 is 0 Å². The molecule has 0 spiro atoms. The Balaban J connectivity index is 1.63. The molecule has 1 aromatic carbocycles. The number of benzene rings is 1. The average Bonchev–Trinajstić information content (AvgIpc) is 3.32. The third kappa shape index (κ3) is 4.14. The Morgan fingerprint density at radius 1 is 1.31 bits per heavy atom. The SMILES string of the molecule is COc1cc(NC(=O)CCc2nc(-c3cccs3)no2)c(OC)cc1Cl. The number of amides is 1. The summed E-state index contributed by atoms with van der Waals surface area (Å²) in [5.41, 5.74) is 0.476. The lowest BCUT2D eigenvalue weighted by Gasteiger charge is -2.12. The molecule has 7 nitrogen and oxygen atoms in total. The van der Waals surface area contributed by atoms with Gasteiger partial charge in [0.2, 0.25) is 17.6 Å². The minimum Gasteiger partial charge on any atom is -0.495 e. The molecule has 0 atom stereocenters. The van der Waals surface area contributed by atoms with Gasteiger partial charge in [-0.2, -0.15) is 4.98 Å². The second-order valence-electron chi connectivity index (χ2n) is 5.22. The fourth-order valence-corrected chi connectivity index (χ4v) is 3.13. The van der Waals surface area contributed by atoms with Crippen molar-refractivity contribution >= 4 is 34.5 Å². The number of halogens is 1. The molecule has 0 saturated carbocycles. The molecule has 1 amide bonds. The van der Waals surface area contributed by atoms with E-state index < -0.39 is 0 Å². The zero-order valence-corrected chi connectivity index (χ0v) is 15.7. The Bertz CT molecular complexity index is 896. The van der Waals surface area contributed by atoms with Gasteiger partial charge < -0.3 is 19.3 Å². The maximum atomic E-state index is 12.2. The van der Waals surface area contributed by atoms with Crippen molar-refractivity contribution in [1.29, 1.82) is 0 Å². The molecule has 9 heteroatoms. The molecule has 0 radical (unpaired) electrons. The topological polar surface area (TPSA) is 86.5 Å². The Hall–Kier alpha value is -2.58. The molecule has 0 fully saturated rings. The minimum atomic E-state index is -0.219. The summed E-state index contributed by atoms with van der Waals surface area (Å²) in [6, 6.07) is 7.02. The summed E-state index contributed by atoms with van der Waals surface area (Å²) in [5, 5.41) is 9.03. The van der Waals surface area contributed by atoms with E-state index in [4.69, 9.17) is 25.6 Å². The van der Waals surface area contributed by atoms with E-state index in [9.17, 15) is 4.79 Å². The molecule has 0 bridgehead atoms. The second kappa shape index (κ2) is 8.20. The van der Waals surface area contributed by atoms with Gasteiger partial charge in [0.1, 0.15) is 11.5 Å². The number of ether oxygens (including phenoxy) is 2. The molecule has 2 aromatic heterocycles. The number of thiophene rings is 1. The minimum absolute atomic E-state index is 0.181. The van der Waals surface area contributed by atoms with Crippen LogP contribution in [-0.4, -0.2) is 30.3 Å². The molecule has 3 aromatic rings. The van der Waals surface area contributed by atoms with Crippen LogP contribution in [0.1, 0.15) is 12.3 Å². The summed E-state index contributed by atoms with van der Waals surface area (Å²) in [4.78, 5) is 17.5. The van der Waals surface area contributed by atoms with Crippen molar-refractivity contribution in [1.82, 2.24) is 10.1 Å². The molecular weight excluding hydrogens is 378 g/mol. The van der Waals surface area contributed by atoms with Crippen molar-refractivity contribution in [3.8, 4) is 22.2 Å². The highest BCUT2D eigenvalue weighted by Crippen LogP contribution is 2.35. The summed E-state index contributed by atoms with van der Waals surface area (Å²) in [6.07, 6.45) is 0.511. The zero-order valence-electron chi connectivity index (χ0n) is 14.1. The quantitative estimate of drug-likeness (QED) is 0.651. The Labute approximate surface area is 158 Å². The van der Waals surface area contributed by atoms with Gasteiger partial charge in [0.15, 0.2) is 0 Å². The highest BCUT2D eigenvalue weighted by atomic mass is 35.5. The first-order valence-electron chi connectivity index (χ1n) is 7.68. The number of carbonyl (C=O) groups excluding carboxylic acids is 1. The standard InChI is InChI=1S/C17H16ClN3O4S/c1-23-12-9-11(13(24-2)8-10(12)18)19-15(22)5-6-16-20-17(21-25-16)14-4-3-7-26-14/h3-4,7-9H,5-6H2,1-2H3,(H,19,22). The second-order valence-corrected chi connectivity index (χ2v) is 6.58. The Morgan fingerprint density at radius 3 is 2.81 bits per heavy atom. The lowest BCUT2D eigenvalue weighted by atomic mass is 10.2. The molecule has 0 aliphatic carbocycles. The molecule has 136 valence electrons. The van der Waals surface area contributed by atoms with Gasteiger partial charge in [0.05, 0.1) is 29.8 Å². The molecule has 2 heterocycles. The van der Waals surface area contributed by atoms with Crippen molar-refractivity contribution in [3.63, 3.8) is 0 Å². The Kier molecular flexibility index (Phi) is 5.75. The number of hydrogen-bond acceptors (Lipinski definition) is 7. The van der Waals surface area contributed by atoms with Crippen LogP contribution in [0.5, 0.6) is 11.5 Å². The number of hydrogen-bond donors (Lipinski definition) is 1. The summed E-state index contributed by atoms with van der Waals surface area (Å²) in [6.45, 7) is 0. The van der Waals surface area contributed by atoms with Gasteiger partial charge in [0.25, 0.3) is 0 Å². The van der Waals surface area contributed by atoms with Crippen molar-refractivity contribution in [3.05, 3.63) is 40.6 Å². The first kappa shape index (κ1) is 18.2. The van der Waals surface area contributed by atoms with E-state index in [1.165, 1.54) is 25.6 Å². The van der Waals surface area contributed by atoms with Crippen molar-refractivity contribution < 1.29 is 18.8 Å². The fourth-order valence-electron chi connectivity index (χ4n) is 2.25. The first-order valence-corrected chi connectivity index (χ1v) is 8.94. The van der Waals surface area contributed by atoms with Gasteiger partial charge in [-0.3, -0.25) is 4.79 Å². The van der Waals surface area contributed by atoms with Crippen LogP contribution < -0.4 is 14.8 Å². The molecule has 0 unspecified atom stereocenters. The average molecular weight is 394 g/mol. The van der Waals surface area contributed by atoms with Crippen LogP contribution in [-0.2, 0) is 11.2 Å². The summed E-state index contributed by atoms with van der Waals surface area (Å²) in [5.74, 6) is 1.61. The van der Waals surface area contributed by atoms with Crippen LogP contribution in [0.25, 0.3) is 10.7 Å². The normalized spacial score (nSPS) is 10.6. The number of aryl methyl sites for hydroxylation is 1. The number of anilines is 1. The monoisotopic (exact) mass is 393 g/mol. The van der Waals surface area contributed by atoms with E-state index in [2.05, 4.69) is 15.5 Å². The third-order valence-electron chi connectivity index (χ3n) is 3.52. The maximum Gasteiger partial charge on any atom is 0.227 e. The lowest BCUT2D eigenvalue weighted by molar-refractivity contribution is -0.116. The van der Waals surface area contributed by atoms with Gasteiger partial charge in [-0.1, -0.05) is 22.8 Å². The first-order chi connectivity index (χ1) is 12.6. The smallest absolute Gasteiger partial charge is 0.227 e. The Morgan fingerprint density at radius 2 is 2.12 bits per heavy atom. The van der Waals surface area contributed by atoms with Crippen LogP contribution in [0.4, 0.5) is 5.69 Å². The third-order valence-corrected chi connectivity index (χ3v) is 4.68. The van der Waals surface area contributed by atoms with Gasteiger partial charge in [0, 0.05) is 25.0 Å². The number of methoxy groups -OCH3 is 2. The fraction of sp³-hybridized carbons (Fsp3) is 0.235. The maximum absolute atomic E-state index is 12.2. The van der Waals surface area contributed by atoms with E-state index in [1.807, 2.05) is 17.5 Å². The van der Waals surface area contributed by atoms with Crippen molar-refractivity contribution in [2.24, 2.45) is 0 Å². The van der Waals surface area contributed by atoms with Crippen LogP contribution in [0.2, 0.25) is 5.02 Å². The highest BCUT2D eigenvalue weighted by molar-refractivity contribution is 7.13. The van der Waals surface area contributed by atoms with Crippen LogP contribution in [0.15, 0.2) is 34.2 Å².